The van der Waals surface area contributed by atoms with Crippen molar-refractivity contribution in [1.29, 1.82) is 0 Å². The Hall–Kier alpha value is -2.04. The molecule has 1 amide bonds. The fourth-order valence-corrected chi connectivity index (χ4v) is 1.23. The molecule has 0 spiro atoms. The summed E-state index contributed by atoms with van der Waals surface area (Å²) in [6.07, 6.45) is 3.79. The van der Waals surface area contributed by atoms with E-state index in [2.05, 4.69) is 10.3 Å². The molecule has 1 aromatic heterocycles. The fourth-order valence-electron chi connectivity index (χ4n) is 1.23. The number of aromatic nitrogens is 1. The van der Waals surface area contributed by atoms with Gasteiger partial charge < -0.3 is 5.32 Å². The van der Waals surface area contributed by atoms with Gasteiger partial charge in [0, 0.05) is 24.4 Å². The molecule has 0 atom stereocenters. The summed E-state index contributed by atoms with van der Waals surface area (Å²) in [4.78, 5) is 37.8. The van der Waals surface area contributed by atoms with E-state index < -0.39 is 11.7 Å². The molecule has 0 radical (unpaired) electrons. The highest BCUT2D eigenvalue weighted by molar-refractivity contribution is 6.36. The number of pyridine rings is 1. The minimum Gasteiger partial charge on any atom is -0.342 e. The Bertz CT molecular complexity index is 415. The first-order chi connectivity index (χ1) is 8.15. The van der Waals surface area contributed by atoms with E-state index in [-0.39, 0.29) is 18.7 Å². The molecule has 17 heavy (non-hydrogen) atoms. The molecule has 0 aliphatic carbocycles. The Balaban J connectivity index is 2.44. The second kappa shape index (κ2) is 6.52. The first kappa shape index (κ1) is 13.0. The monoisotopic (exact) mass is 234 g/mol. The van der Waals surface area contributed by atoms with Crippen molar-refractivity contribution in [2.45, 2.75) is 19.8 Å². The maximum absolute atomic E-state index is 11.6. The Morgan fingerprint density at radius 2 is 2.12 bits per heavy atom. The molecule has 0 fully saturated rings. The highest BCUT2D eigenvalue weighted by atomic mass is 16.2. The summed E-state index contributed by atoms with van der Waals surface area (Å²) in [5.74, 6) is -1.47. The van der Waals surface area contributed by atoms with Gasteiger partial charge in [0.05, 0.1) is 6.54 Å². The normalized spacial score (nSPS) is 9.71. The predicted molar refractivity (Wildman–Crippen MR) is 61.5 cm³/mol. The van der Waals surface area contributed by atoms with Crippen molar-refractivity contribution in [3.8, 4) is 0 Å². The van der Waals surface area contributed by atoms with Gasteiger partial charge in [-0.25, -0.2) is 0 Å². The van der Waals surface area contributed by atoms with Crippen molar-refractivity contribution >= 4 is 17.5 Å². The quantitative estimate of drug-likeness (QED) is 0.582. The van der Waals surface area contributed by atoms with Crippen LogP contribution in [0.25, 0.3) is 0 Å². The number of carbonyl (C=O) groups excluding carboxylic acids is 3. The molecular formula is C12H14N2O3. The second-order valence-corrected chi connectivity index (χ2v) is 3.52. The van der Waals surface area contributed by atoms with Gasteiger partial charge in [-0.05, 0) is 18.6 Å². The summed E-state index contributed by atoms with van der Waals surface area (Å²) in [5.41, 5.74) is 0.413. The van der Waals surface area contributed by atoms with Crippen LogP contribution in [0.3, 0.4) is 0 Å². The smallest absolute Gasteiger partial charge is 0.287 e. The molecule has 90 valence electrons. The van der Waals surface area contributed by atoms with E-state index in [4.69, 9.17) is 0 Å². The van der Waals surface area contributed by atoms with Gasteiger partial charge in [0.1, 0.15) is 0 Å². The SMILES string of the molecule is CCCC(=O)C(=O)NCC(=O)c1cccnc1. The van der Waals surface area contributed by atoms with Crippen molar-refractivity contribution in [2.24, 2.45) is 0 Å². The molecular weight excluding hydrogens is 220 g/mol. The number of hydrogen-bond donors (Lipinski definition) is 1. The van der Waals surface area contributed by atoms with Crippen LogP contribution in [-0.4, -0.2) is 29.0 Å². The summed E-state index contributed by atoms with van der Waals surface area (Å²) in [6, 6.07) is 3.24. The van der Waals surface area contributed by atoms with Crippen molar-refractivity contribution in [3.63, 3.8) is 0 Å². The van der Waals surface area contributed by atoms with Crippen LogP contribution in [0.15, 0.2) is 24.5 Å². The van der Waals surface area contributed by atoms with Crippen molar-refractivity contribution in [1.82, 2.24) is 10.3 Å². The number of Topliss-reactive ketones (excluding diaryl/α,β-unsaturated/α-hetero) is 2. The second-order valence-electron chi connectivity index (χ2n) is 3.52. The molecule has 0 bridgehead atoms. The number of carbonyl (C=O) groups is 3. The Morgan fingerprint density at radius 3 is 2.71 bits per heavy atom. The molecule has 0 unspecified atom stereocenters. The average molecular weight is 234 g/mol. The van der Waals surface area contributed by atoms with Crippen LogP contribution in [0.2, 0.25) is 0 Å². The zero-order chi connectivity index (χ0) is 12.7. The molecule has 0 aliphatic heterocycles. The summed E-state index contributed by atoms with van der Waals surface area (Å²) >= 11 is 0. The van der Waals surface area contributed by atoms with Gasteiger partial charge >= 0.3 is 0 Å². The highest BCUT2D eigenvalue weighted by Crippen LogP contribution is 1.96. The average Bonchev–Trinajstić information content (AvgIpc) is 2.36. The standard InChI is InChI=1S/C12H14N2O3/c1-2-4-10(15)12(17)14-8-11(16)9-5-3-6-13-7-9/h3,5-7H,2,4,8H2,1H3,(H,14,17). The van der Waals surface area contributed by atoms with Crippen LogP contribution in [0.1, 0.15) is 30.1 Å². The van der Waals surface area contributed by atoms with Crippen LogP contribution in [-0.2, 0) is 9.59 Å². The lowest BCUT2D eigenvalue weighted by Crippen LogP contribution is -2.34. The van der Waals surface area contributed by atoms with E-state index in [0.717, 1.165) is 0 Å². The molecule has 0 aromatic carbocycles. The van der Waals surface area contributed by atoms with Gasteiger partial charge in [0.2, 0.25) is 5.78 Å². The van der Waals surface area contributed by atoms with Gasteiger partial charge in [0.15, 0.2) is 5.78 Å². The summed E-state index contributed by atoms with van der Waals surface area (Å²) in [5, 5.41) is 2.30. The zero-order valence-corrected chi connectivity index (χ0v) is 9.60. The maximum Gasteiger partial charge on any atom is 0.287 e. The first-order valence-electron chi connectivity index (χ1n) is 5.39. The molecule has 0 saturated heterocycles. The number of rotatable bonds is 6. The third kappa shape index (κ3) is 4.14. The summed E-state index contributed by atoms with van der Waals surface area (Å²) < 4.78 is 0. The van der Waals surface area contributed by atoms with Gasteiger partial charge in [0.25, 0.3) is 5.91 Å². The van der Waals surface area contributed by atoms with Crippen molar-refractivity contribution < 1.29 is 14.4 Å². The number of ketones is 2. The molecule has 5 nitrogen and oxygen atoms in total. The lowest BCUT2D eigenvalue weighted by molar-refractivity contribution is -0.137. The number of amides is 1. The molecule has 1 N–H and O–H groups in total. The molecule has 5 heteroatoms. The maximum atomic E-state index is 11.6. The molecule has 1 heterocycles. The zero-order valence-electron chi connectivity index (χ0n) is 9.60. The number of nitrogens with zero attached hydrogens (tertiary/aromatic N) is 1. The van der Waals surface area contributed by atoms with Crippen LogP contribution in [0, 0.1) is 0 Å². The molecule has 1 aromatic rings. The van der Waals surface area contributed by atoms with Gasteiger partial charge in [-0.1, -0.05) is 6.92 Å². The minimum atomic E-state index is -0.705. The van der Waals surface area contributed by atoms with Crippen LogP contribution in [0.4, 0.5) is 0 Å². The fraction of sp³-hybridized carbons (Fsp3) is 0.333. The van der Waals surface area contributed by atoms with Crippen LogP contribution < -0.4 is 5.32 Å². The van der Waals surface area contributed by atoms with Crippen LogP contribution in [0.5, 0.6) is 0 Å². The van der Waals surface area contributed by atoms with E-state index in [0.29, 0.717) is 12.0 Å². The lowest BCUT2D eigenvalue weighted by Gasteiger charge is -2.03. The number of nitrogens with one attached hydrogen (secondary N) is 1. The lowest BCUT2D eigenvalue weighted by atomic mass is 10.2. The Morgan fingerprint density at radius 1 is 1.35 bits per heavy atom. The minimum absolute atomic E-state index is 0.181. The largest absolute Gasteiger partial charge is 0.342 e. The highest BCUT2D eigenvalue weighted by Gasteiger charge is 2.13. The van der Waals surface area contributed by atoms with Gasteiger partial charge in [-0.2, -0.15) is 0 Å². The topological polar surface area (TPSA) is 76.1 Å². The molecule has 0 aliphatic rings. The van der Waals surface area contributed by atoms with Crippen molar-refractivity contribution in [2.75, 3.05) is 6.54 Å². The van der Waals surface area contributed by atoms with E-state index in [1.165, 1.54) is 6.20 Å². The van der Waals surface area contributed by atoms with E-state index in [9.17, 15) is 14.4 Å². The predicted octanol–water partition coefficient (Wildman–Crippen LogP) is 0.750. The Labute approximate surface area is 99.2 Å². The van der Waals surface area contributed by atoms with Gasteiger partial charge in [-0.3, -0.25) is 19.4 Å². The first-order valence-corrected chi connectivity index (χ1v) is 5.39. The van der Waals surface area contributed by atoms with E-state index in [1.807, 2.05) is 6.92 Å². The summed E-state index contributed by atoms with van der Waals surface area (Å²) in [7, 11) is 0. The third-order valence-corrected chi connectivity index (χ3v) is 2.12. The molecule has 1 rings (SSSR count). The number of hydrogen-bond acceptors (Lipinski definition) is 4. The van der Waals surface area contributed by atoms with Crippen molar-refractivity contribution in [3.05, 3.63) is 30.1 Å². The molecule has 0 saturated carbocycles. The van der Waals surface area contributed by atoms with Gasteiger partial charge in [-0.15, -0.1) is 0 Å². The van der Waals surface area contributed by atoms with Crippen LogP contribution >= 0.6 is 0 Å². The summed E-state index contributed by atoms with van der Waals surface area (Å²) in [6.45, 7) is 1.63. The Kier molecular flexibility index (Phi) is 5.00. The van der Waals surface area contributed by atoms with E-state index >= 15 is 0 Å². The van der Waals surface area contributed by atoms with E-state index in [1.54, 1.807) is 18.3 Å². The third-order valence-electron chi connectivity index (χ3n) is 2.12.